The third-order valence-electron chi connectivity index (χ3n) is 7.26. The number of likely N-dealkylation sites (tertiary alicyclic amines) is 2. The summed E-state index contributed by atoms with van der Waals surface area (Å²) in [5, 5.41) is 20.1. The zero-order valence-electron chi connectivity index (χ0n) is 19.0. The number of hydrogen-bond donors (Lipinski definition) is 2. The van der Waals surface area contributed by atoms with E-state index < -0.39 is 6.09 Å². The van der Waals surface area contributed by atoms with E-state index in [4.69, 9.17) is 16.4 Å². The number of fused-ring (bicyclic) bond motifs is 2. The molecule has 10 heteroatoms. The van der Waals surface area contributed by atoms with Gasteiger partial charge in [0.15, 0.2) is 0 Å². The third-order valence-corrected chi connectivity index (χ3v) is 7.49. The first-order valence-corrected chi connectivity index (χ1v) is 12.1. The summed E-state index contributed by atoms with van der Waals surface area (Å²) in [6, 6.07) is 12.7. The summed E-state index contributed by atoms with van der Waals surface area (Å²) < 4.78 is 0.733. The smallest absolute Gasteiger partial charge is 0.434 e. The number of carbonyl (C=O) groups is 1. The van der Waals surface area contributed by atoms with Crippen molar-refractivity contribution in [3.63, 3.8) is 0 Å². The highest BCUT2D eigenvalue weighted by Gasteiger charge is 2.42. The quantitative estimate of drug-likeness (QED) is 0.574. The summed E-state index contributed by atoms with van der Waals surface area (Å²) in [6.45, 7) is 5.36. The third kappa shape index (κ3) is 4.15. The first kappa shape index (κ1) is 22.1. The van der Waals surface area contributed by atoms with Gasteiger partial charge in [-0.2, -0.15) is 0 Å². The number of halogens is 1. The van der Waals surface area contributed by atoms with Gasteiger partial charge in [-0.15, -0.1) is 4.73 Å². The van der Waals surface area contributed by atoms with E-state index in [1.54, 1.807) is 4.90 Å². The Morgan fingerprint density at radius 3 is 2.49 bits per heavy atom. The van der Waals surface area contributed by atoms with Gasteiger partial charge in [0.1, 0.15) is 0 Å². The van der Waals surface area contributed by atoms with Gasteiger partial charge in [0.2, 0.25) is 11.8 Å². The van der Waals surface area contributed by atoms with Crippen LogP contribution in [0.25, 0.3) is 0 Å². The lowest BCUT2D eigenvalue weighted by Crippen LogP contribution is -2.37. The van der Waals surface area contributed by atoms with Crippen LogP contribution in [0, 0.1) is 11.8 Å². The molecule has 2 unspecified atom stereocenters. The highest BCUT2D eigenvalue weighted by atomic mass is 35.5. The second-order valence-corrected chi connectivity index (χ2v) is 10.00. The Labute approximate surface area is 207 Å². The standard InChI is InChI=1S/C25H26ClN5O4/c26-20-4-3-17(22(8-20)29-12-16-2-1-7-27-21(16)15-29)9-28-10-18-13-30(14-19(18)11-28)25(34)35-31-23(32)5-6-24(31)33/h1-8,18-19,32-33H,9-15H2. The lowest BCUT2D eigenvalue weighted by Gasteiger charge is -2.25. The van der Waals surface area contributed by atoms with Gasteiger partial charge in [-0.1, -0.05) is 23.7 Å². The minimum atomic E-state index is -0.574. The first-order valence-electron chi connectivity index (χ1n) is 11.7. The van der Waals surface area contributed by atoms with E-state index in [1.807, 2.05) is 24.4 Å². The molecule has 0 bridgehead atoms. The molecular formula is C25H26ClN5O4. The molecule has 3 aliphatic rings. The molecule has 0 aliphatic carbocycles. The van der Waals surface area contributed by atoms with Crippen LogP contribution in [0.1, 0.15) is 16.8 Å². The van der Waals surface area contributed by atoms with E-state index in [-0.39, 0.29) is 11.8 Å². The van der Waals surface area contributed by atoms with Crippen LogP contribution in [0.4, 0.5) is 10.5 Å². The number of pyridine rings is 1. The molecule has 2 fully saturated rings. The number of nitrogens with zero attached hydrogens (tertiary/aromatic N) is 5. The number of aromatic hydroxyl groups is 2. The number of amides is 1. The second-order valence-electron chi connectivity index (χ2n) is 9.56. The van der Waals surface area contributed by atoms with Crippen molar-refractivity contribution in [2.75, 3.05) is 31.1 Å². The Balaban J connectivity index is 1.10. The molecule has 0 saturated carbocycles. The van der Waals surface area contributed by atoms with Crippen molar-refractivity contribution < 1.29 is 19.8 Å². The van der Waals surface area contributed by atoms with Crippen molar-refractivity contribution >= 4 is 23.4 Å². The van der Waals surface area contributed by atoms with E-state index in [9.17, 15) is 15.0 Å². The fraction of sp³-hybridized carbons (Fsp3) is 0.360. The first-order chi connectivity index (χ1) is 16.9. The maximum Gasteiger partial charge on any atom is 0.434 e. The Morgan fingerprint density at radius 1 is 1.03 bits per heavy atom. The molecule has 1 aromatic carbocycles. The zero-order chi connectivity index (χ0) is 24.1. The van der Waals surface area contributed by atoms with Crippen LogP contribution in [-0.4, -0.2) is 62.0 Å². The molecule has 182 valence electrons. The predicted octanol–water partition coefficient (Wildman–Crippen LogP) is 3.08. The van der Waals surface area contributed by atoms with Gasteiger partial charge in [0.05, 0.1) is 12.2 Å². The number of hydrogen-bond acceptors (Lipinski definition) is 7. The maximum atomic E-state index is 12.6. The molecule has 1 amide bonds. The summed E-state index contributed by atoms with van der Waals surface area (Å²) in [5.41, 5.74) is 4.74. The Morgan fingerprint density at radius 2 is 1.77 bits per heavy atom. The Kier molecular flexibility index (Phi) is 5.46. The average molecular weight is 496 g/mol. The second kappa shape index (κ2) is 8.66. The number of rotatable bonds is 4. The molecule has 2 atom stereocenters. The van der Waals surface area contributed by atoms with Crippen molar-refractivity contribution in [1.82, 2.24) is 19.5 Å². The van der Waals surface area contributed by atoms with Crippen LogP contribution < -0.4 is 9.74 Å². The molecule has 9 nitrogen and oxygen atoms in total. The molecule has 0 radical (unpaired) electrons. The minimum Gasteiger partial charge on any atom is -0.492 e. The molecule has 5 heterocycles. The molecule has 2 aromatic heterocycles. The highest BCUT2D eigenvalue weighted by molar-refractivity contribution is 6.30. The lowest BCUT2D eigenvalue weighted by atomic mass is 10.0. The summed E-state index contributed by atoms with van der Waals surface area (Å²) in [5.74, 6) is 0.0601. The van der Waals surface area contributed by atoms with Crippen LogP contribution in [0.15, 0.2) is 48.7 Å². The van der Waals surface area contributed by atoms with E-state index in [1.165, 1.54) is 23.3 Å². The van der Waals surface area contributed by atoms with Gasteiger partial charge in [-0.05, 0) is 41.2 Å². The molecule has 3 aliphatic heterocycles. The maximum absolute atomic E-state index is 12.6. The van der Waals surface area contributed by atoms with Crippen LogP contribution in [0.3, 0.4) is 0 Å². The summed E-state index contributed by atoms with van der Waals surface area (Å²) >= 11 is 6.38. The minimum absolute atomic E-state index is 0.322. The van der Waals surface area contributed by atoms with Crippen LogP contribution in [0.5, 0.6) is 11.8 Å². The van der Waals surface area contributed by atoms with Crippen molar-refractivity contribution in [2.24, 2.45) is 11.8 Å². The summed E-state index contributed by atoms with van der Waals surface area (Å²) in [7, 11) is 0. The molecule has 2 N–H and O–H groups in total. The molecule has 35 heavy (non-hydrogen) atoms. The Bertz CT molecular complexity index is 1220. The Hall–Kier alpha value is -3.43. The topological polar surface area (TPSA) is 94.3 Å². The van der Waals surface area contributed by atoms with E-state index in [0.29, 0.717) is 24.9 Å². The van der Waals surface area contributed by atoms with Crippen molar-refractivity contribution in [1.29, 1.82) is 0 Å². The molecule has 2 saturated heterocycles. The van der Waals surface area contributed by atoms with Crippen molar-refractivity contribution in [2.45, 2.75) is 19.6 Å². The molecule has 3 aromatic rings. The average Bonchev–Trinajstić information content (AvgIpc) is 3.59. The predicted molar refractivity (Wildman–Crippen MR) is 129 cm³/mol. The van der Waals surface area contributed by atoms with Gasteiger partial charge in [-0.3, -0.25) is 9.88 Å². The van der Waals surface area contributed by atoms with E-state index in [2.05, 4.69) is 26.9 Å². The highest BCUT2D eigenvalue weighted by Crippen LogP contribution is 2.36. The number of benzene rings is 1. The number of aromatic nitrogens is 2. The van der Waals surface area contributed by atoms with Crippen LogP contribution >= 0.6 is 11.6 Å². The van der Waals surface area contributed by atoms with Gasteiger partial charge >= 0.3 is 6.09 Å². The largest absolute Gasteiger partial charge is 0.492 e. The number of carbonyl (C=O) groups excluding carboxylic acids is 1. The van der Waals surface area contributed by atoms with Gasteiger partial charge in [-0.25, -0.2) is 4.79 Å². The van der Waals surface area contributed by atoms with Gasteiger partial charge in [0, 0.05) is 68.3 Å². The molecular weight excluding hydrogens is 470 g/mol. The summed E-state index contributed by atoms with van der Waals surface area (Å²) in [6.07, 6.45) is 1.27. The van der Waals surface area contributed by atoms with E-state index in [0.717, 1.165) is 53.9 Å². The fourth-order valence-corrected chi connectivity index (χ4v) is 5.74. The van der Waals surface area contributed by atoms with E-state index >= 15 is 0 Å². The van der Waals surface area contributed by atoms with Gasteiger partial charge < -0.3 is 24.9 Å². The van der Waals surface area contributed by atoms with Crippen molar-refractivity contribution in [3.05, 3.63) is 70.5 Å². The molecule has 6 rings (SSSR count). The normalized spacial score (nSPS) is 21.4. The monoisotopic (exact) mass is 495 g/mol. The van der Waals surface area contributed by atoms with Crippen LogP contribution in [-0.2, 0) is 19.6 Å². The summed E-state index contributed by atoms with van der Waals surface area (Å²) in [4.78, 5) is 28.7. The zero-order valence-corrected chi connectivity index (χ0v) is 19.8. The number of anilines is 1. The van der Waals surface area contributed by atoms with Crippen LogP contribution in [0.2, 0.25) is 5.02 Å². The van der Waals surface area contributed by atoms with Crippen molar-refractivity contribution in [3.8, 4) is 11.8 Å². The molecule has 0 spiro atoms. The lowest BCUT2D eigenvalue weighted by molar-refractivity contribution is 0.0774. The fourth-order valence-electron chi connectivity index (χ4n) is 5.58. The SMILES string of the molecule is O=C(On1c(O)ccc1O)N1CC2CN(Cc3ccc(Cl)cc3N3Cc4cccnc4C3)CC2C1. The van der Waals surface area contributed by atoms with Gasteiger partial charge in [0.25, 0.3) is 0 Å².